The van der Waals surface area contributed by atoms with Crippen LogP contribution in [0.15, 0.2) is 0 Å². The highest BCUT2D eigenvalue weighted by Crippen LogP contribution is 2.31. The lowest BCUT2D eigenvalue weighted by Gasteiger charge is -2.34. The zero-order valence-corrected chi connectivity index (χ0v) is 13.5. The normalized spacial score (nSPS) is 23.9. The molecule has 1 aromatic heterocycles. The summed E-state index contributed by atoms with van der Waals surface area (Å²) < 4.78 is 0. The van der Waals surface area contributed by atoms with Gasteiger partial charge in [0.2, 0.25) is 0 Å². The summed E-state index contributed by atoms with van der Waals surface area (Å²) in [6.45, 7) is 13.4. The summed E-state index contributed by atoms with van der Waals surface area (Å²) in [4.78, 5) is 8.80. The van der Waals surface area contributed by atoms with Crippen LogP contribution in [0.5, 0.6) is 0 Å². The minimum atomic E-state index is 0.787. The molecule has 4 heteroatoms. The Morgan fingerprint density at radius 3 is 2.53 bits per heavy atom. The van der Waals surface area contributed by atoms with Gasteiger partial charge in [-0.1, -0.05) is 27.7 Å². The van der Waals surface area contributed by atoms with Crippen molar-refractivity contribution in [1.82, 2.24) is 10.3 Å². The van der Waals surface area contributed by atoms with Crippen molar-refractivity contribution in [3.05, 3.63) is 10.6 Å². The molecule has 0 bridgehead atoms. The highest BCUT2D eigenvalue weighted by molar-refractivity contribution is 7.15. The molecule has 0 amide bonds. The zero-order valence-electron chi connectivity index (χ0n) is 12.7. The minimum Gasteiger partial charge on any atom is -0.348 e. The third kappa shape index (κ3) is 3.69. The summed E-state index contributed by atoms with van der Waals surface area (Å²) in [6, 6.07) is 0. The highest BCUT2D eigenvalue weighted by atomic mass is 32.1. The van der Waals surface area contributed by atoms with E-state index in [2.05, 4.69) is 37.9 Å². The summed E-state index contributed by atoms with van der Waals surface area (Å²) in [5.74, 6) is 1.57. The van der Waals surface area contributed by atoms with Crippen molar-refractivity contribution in [2.75, 3.05) is 24.5 Å². The second kappa shape index (κ2) is 6.71. The number of nitrogens with zero attached hydrogens (tertiary/aromatic N) is 2. The van der Waals surface area contributed by atoms with Gasteiger partial charge in [0.25, 0.3) is 0 Å². The first-order valence-corrected chi connectivity index (χ1v) is 8.39. The van der Waals surface area contributed by atoms with Gasteiger partial charge in [-0.15, -0.1) is 11.3 Å². The van der Waals surface area contributed by atoms with Crippen molar-refractivity contribution < 1.29 is 0 Å². The number of piperidine rings is 1. The molecule has 0 radical (unpaired) electrons. The van der Waals surface area contributed by atoms with Gasteiger partial charge in [-0.25, -0.2) is 4.98 Å². The van der Waals surface area contributed by atoms with E-state index in [0.29, 0.717) is 0 Å². The Labute approximate surface area is 121 Å². The van der Waals surface area contributed by atoms with Crippen LogP contribution in [0.2, 0.25) is 0 Å². The largest absolute Gasteiger partial charge is 0.348 e. The van der Waals surface area contributed by atoms with E-state index in [1.54, 1.807) is 0 Å². The Bertz CT molecular complexity index is 392. The maximum absolute atomic E-state index is 4.88. The van der Waals surface area contributed by atoms with Crippen LogP contribution in [0.4, 0.5) is 5.13 Å². The number of nitrogens with one attached hydrogen (secondary N) is 1. The van der Waals surface area contributed by atoms with Crippen LogP contribution < -0.4 is 10.2 Å². The second-order valence-corrected chi connectivity index (χ2v) is 6.91. The van der Waals surface area contributed by atoms with E-state index in [-0.39, 0.29) is 0 Å². The molecule has 108 valence electrons. The molecule has 1 aliphatic rings. The monoisotopic (exact) mass is 281 g/mol. The van der Waals surface area contributed by atoms with Gasteiger partial charge in [-0.3, -0.25) is 0 Å². The zero-order chi connectivity index (χ0) is 13.8. The Morgan fingerprint density at radius 2 is 1.95 bits per heavy atom. The number of aryl methyl sites for hydroxylation is 1. The fourth-order valence-electron chi connectivity index (χ4n) is 2.98. The standard InChI is InChI=1S/C15H27N3S/c1-5-13-14(8-16-6-2)19-15(17-13)18-9-11(3)7-12(4)10-18/h11-12,16H,5-10H2,1-4H3. The Morgan fingerprint density at radius 1 is 1.26 bits per heavy atom. The number of anilines is 1. The van der Waals surface area contributed by atoms with Crippen LogP contribution in [0.25, 0.3) is 0 Å². The number of aromatic nitrogens is 1. The molecule has 2 rings (SSSR count). The first-order valence-electron chi connectivity index (χ1n) is 7.58. The summed E-state index contributed by atoms with van der Waals surface area (Å²) in [6.07, 6.45) is 2.39. The minimum absolute atomic E-state index is 0.787. The summed E-state index contributed by atoms with van der Waals surface area (Å²) in [5, 5.41) is 4.66. The van der Waals surface area contributed by atoms with E-state index in [9.17, 15) is 0 Å². The first kappa shape index (κ1) is 14.8. The van der Waals surface area contributed by atoms with Gasteiger partial charge in [0.15, 0.2) is 5.13 Å². The Kier molecular flexibility index (Phi) is 5.22. The number of thiazole rings is 1. The van der Waals surface area contributed by atoms with E-state index in [0.717, 1.165) is 31.3 Å². The van der Waals surface area contributed by atoms with Crippen LogP contribution in [0.1, 0.15) is 44.7 Å². The third-order valence-electron chi connectivity index (χ3n) is 3.78. The fourth-order valence-corrected chi connectivity index (χ4v) is 4.11. The van der Waals surface area contributed by atoms with E-state index >= 15 is 0 Å². The summed E-state index contributed by atoms with van der Waals surface area (Å²) in [7, 11) is 0. The van der Waals surface area contributed by atoms with Crippen molar-refractivity contribution in [2.45, 2.75) is 47.1 Å². The molecule has 2 atom stereocenters. The molecule has 3 nitrogen and oxygen atoms in total. The average molecular weight is 281 g/mol. The molecule has 0 saturated carbocycles. The van der Waals surface area contributed by atoms with Crippen molar-refractivity contribution in [3.8, 4) is 0 Å². The molecular formula is C15H27N3S. The van der Waals surface area contributed by atoms with E-state index < -0.39 is 0 Å². The number of hydrogen-bond donors (Lipinski definition) is 1. The summed E-state index contributed by atoms with van der Waals surface area (Å²) in [5.41, 5.74) is 1.28. The van der Waals surface area contributed by atoms with Crippen molar-refractivity contribution in [1.29, 1.82) is 0 Å². The molecule has 0 aliphatic carbocycles. The average Bonchev–Trinajstić information content (AvgIpc) is 2.78. The van der Waals surface area contributed by atoms with E-state index in [4.69, 9.17) is 4.98 Å². The van der Waals surface area contributed by atoms with Gasteiger partial charge in [-0.05, 0) is 31.2 Å². The van der Waals surface area contributed by atoms with Crippen molar-refractivity contribution >= 4 is 16.5 Å². The van der Waals surface area contributed by atoms with Gasteiger partial charge in [-0.2, -0.15) is 0 Å². The predicted molar refractivity (Wildman–Crippen MR) is 84.0 cm³/mol. The maximum atomic E-state index is 4.88. The number of rotatable bonds is 5. The summed E-state index contributed by atoms with van der Waals surface area (Å²) >= 11 is 1.89. The molecule has 0 aromatic carbocycles. The molecule has 0 spiro atoms. The second-order valence-electron chi connectivity index (χ2n) is 5.85. The van der Waals surface area contributed by atoms with E-state index in [1.807, 2.05) is 11.3 Å². The lowest BCUT2D eigenvalue weighted by atomic mass is 9.92. The Balaban J connectivity index is 2.13. The third-order valence-corrected chi connectivity index (χ3v) is 4.94. The molecule has 1 fully saturated rings. The number of hydrogen-bond acceptors (Lipinski definition) is 4. The lowest BCUT2D eigenvalue weighted by molar-refractivity contribution is 0.356. The van der Waals surface area contributed by atoms with Crippen LogP contribution >= 0.6 is 11.3 Å². The molecular weight excluding hydrogens is 254 g/mol. The van der Waals surface area contributed by atoms with Crippen LogP contribution in [0, 0.1) is 11.8 Å². The predicted octanol–water partition coefficient (Wildman–Crippen LogP) is 3.30. The molecule has 1 saturated heterocycles. The molecule has 1 aliphatic heterocycles. The van der Waals surface area contributed by atoms with Gasteiger partial charge in [0.1, 0.15) is 0 Å². The molecule has 1 aromatic rings. The topological polar surface area (TPSA) is 28.2 Å². The van der Waals surface area contributed by atoms with Crippen LogP contribution in [0.3, 0.4) is 0 Å². The molecule has 2 unspecified atom stereocenters. The van der Waals surface area contributed by atoms with Crippen LogP contribution in [-0.2, 0) is 13.0 Å². The van der Waals surface area contributed by atoms with Gasteiger partial charge in [0, 0.05) is 24.5 Å². The fraction of sp³-hybridized carbons (Fsp3) is 0.800. The highest BCUT2D eigenvalue weighted by Gasteiger charge is 2.24. The van der Waals surface area contributed by atoms with Gasteiger partial charge < -0.3 is 10.2 Å². The van der Waals surface area contributed by atoms with Gasteiger partial charge >= 0.3 is 0 Å². The van der Waals surface area contributed by atoms with Crippen molar-refractivity contribution in [2.24, 2.45) is 11.8 Å². The molecule has 19 heavy (non-hydrogen) atoms. The molecule has 1 N–H and O–H groups in total. The quantitative estimate of drug-likeness (QED) is 0.897. The maximum Gasteiger partial charge on any atom is 0.185 e. The van der Waals surface area contributed by atoms with Crippen LogP contribution in [-0.4, -0.2) is 24.6 Å². The van der Waals surface area contributed by atoms with Crippen molar-refractivity contribution in [3.63, 3.8) is 0 Å². The van der Waals surface area contributed by atoms with E-state index in [1.165, 1.54) is 35.2 Å². The lowest BCUT2D eigenvalue weighted by Crippen LogP contribution is -2.38. The Hall–Kier alpha value is -0.610. The molecule has 2 heterocycles. The first-order chi connectivity index (χ1) is 9.13. The smallest absolute Gasteiger partial charge is 0.185 e. The van der Waals surface area contributed by atoms with Gasteiger partial charge in [0.05, 0.1) is 5.69 Å². The SMILES string of the molecule is CCNCc1sc(N2CC(C)CC(C)C2)nc1CC.